The highest BCUT2D eigenvalue weighted by atomic mass is 16.7. The lowest BCUT2D eigenvalue weighted by atomic mass is 10.1. The number of nitrogens with zero attached hydrogens (tertiary/aromatic N) is 2. The summed E-state index contributed by atoms with van der Waals surface area (Å²) in [4.78, 5) is 16.0. The van der Waals surface area contributed by atoms with E-state index in [4.69, 9.17) is 9.47 Å². The van der Waals surface area contributed by atoms with Gasteiger partial charge in [-0.25, -0.2) is 4.79 Å². The number of hydrazone groups is 1. The number of nitrogens with one attached hydrogen (secondary N) is 1. The van der Waals surface area contributed by atoms with E-state index in [9.17, 15) is 4.79 Å². The van der Waals surface area contributed by atoms with Gasteiger partial charge in [0.05, 0.1) is 30.1 Å². The van der Waals surface area contributed by atoms with Crippen LogP contribution in [0.2, 0.25) is 0 Å². The first-order valence-electron chi connectivity index (χ1n) is 8.32. The number of benzene rings is 2. The molecule has 1 aliphatic rings. The molecule has 0 fully saturated rings. The molecule has 7 nitrogen and oxygen atoms in total. The number of esters is 1. The Labute approximate surface area is 155 Å². The highest BCUT2D eigenvalue weighted by molar-refractivity contribution is 5.94. The van der Waals surface area contributed by atoms with Crippen molar-refractivity contribution >= 4 is 28.8 Å². The highest BCUT2D eigenvalue weighted by Gasteiger charge is 2.16. The summed E-state index contributed by atoms with van der Waals surface area (Å²) >= 11 is 0. The molecule has 0 spiro atoms. The maximum absolute atomic E-state index is 11.5. The fraction of sp³-hybridized carbons (Fsp3) is 0.150. The average Bonchev–Trinajstić information content (AvgIpc) is 3.13. The van der Waals surface area contributed by atoms with Crippen LogP contribution < -0.4 is 14.9 Å². The number of fused-ring (bicyclic) bond motifs is 2. The predicted octanol–water partition coefficient (Wildman–Crippen LogP) is 3.50. The number of hydrogen-bond acceptors (Lipinski definition) is 7. The van der Waals surface area contributed by atoms with Crippen molar-refractivity contribution in [1.29, 1.82) is 0 Å². The first kappa shape index (κ1) is 16.8. The third-order valence-corrected chi connectivity index (χ3v) is 4.16. The van der Waals surface area contributed by atoms with E-state index in [2.05, 4.69) is 20.2 Å². The zero-order valence-electron chi connectivity index (χ0n) is 14.9. The fourth-order valence-corrected chi connectivity index (χ4v) is 2.84. The van der Waals surface area contributed by atoms with Gasteiger partial charge in [0.2, 0.25) is 6.79 Å². The summed E-state index contributed by atoms with van der Waals surface area (Å²) in [5.41, 5.74) is 6.89. The second kappa shape index (κ2) is 6.95. The quantitative estimate of drug-likeness (QED) is 0.434. The molecule has 2 heterocycles. The summed E-state index contributed by atoms with van der Waals surface area (Å²) < 4.78 is 15.6. The van der Waals surface area contributed by atoms with Crippen LogP contribution in [0, 0.1) is 6.92 Å². The second-order valence-corrected chi connectivity index (χ2v) is 6.02. The minimum absolute atomic E-state index is 0.215. The van der Waals surface area contributed by atoms with Gasteiger partial charge < -0.3 is 14.2 Å². The fourth-order valence-electron chi connectivity index (χ4n) is 2.84. The number of aromatic nitrogens is 1. The number of rotatable bonds is 4. The molecule has 27 heavy (non-hydrogen) atoms. The summed E-state index contributed by atoms with van der Waals surface area (Å²) in [6.45, 7) is 2.14. The Hall–Kier alpha value is -3.61. The van der Waals surface area contributed by atoms with E-state index in [0.717, 1.165) is 27.8 Å². The number of hydrogen-bond donors (Lipinski definition) is 1. The van der Waals surface area contributed by atoms with Crippen molar-refractivity contribution in [1.82, 2.24) is 4.98 Å². The van der Waals surface area contributed by atoms with Crippen LogP contribution in [0.15, 0.2) is 47.6 Å². The van der Waals surface area contributed by atoms with Crippen LogP contribution in [-0.4, -0.2) is 31.1 Å². The summed E-state index contributed by atoms with van der Waals surface area (Å²) in [5, 5.41) is 5.19. The Morgan fingerprint density at radius 1 is 1.19 bits per heavy atom. The molecular weight excluding hydrogens is 346 g/mol. The Morgan fingerprint density at radius 2 is 1.93 bits per heavy atom. The molecule has 1 aliphatic heterocycles. The van der Waals surface area contributed by atoms with Crippen molar-refractivity contribution in [2.45, 2.75) is 6.92 Å². The average molecular weight is 363 g/mol. The third kappa shape index (κ3) is 3.39. The van der Waals surface area contributed by atoms with E-state index >= 15 is 0 Å². The molecule has 0 atom stereocenters. The molecule has 4 rings (SSSR count). The molecule has 0 saturated carbocycles. The zero-order valence-corrected chi connectivity index (χ0v) is 14.9. The van der Waals surface area contributed by atoms with E-state index < -0.39 is 0 Å². The first-order chi connectivity index (χ1) is 13.1. The number of aryl methyl sites for hydroxylation is 1. The minimum Gasteiger partial charge on any atom is -0.465 e. The van der Waals surface area contributed by atoms with Gasteiger partial charge in [0.1, 0.15) is 0 Å². The van der Waals surface area contributed by atoms with Crippen LogP contribution in [0.3, 0.4) is 0 Å². The molecular formula is C20H17N3O4. The van der Waals surface area contributed by atoms with Gasteiger partial charge >= 0.3 is 5.97 Å². The van der Waals surface area contributed by atoms with Crippen LogP contribution in [0.5, 0.6) is 11.5 Å². The van der Waals surface area contributed by atoms with Gasteiger partial charge in [-0.2, -0.15) is 5.10 Å². The van der Waals surface area contributed by atoms with Crippen LogP contribution >= 0.6 is 0 Å². The number of methoxy groups -OCH3 is 1. The lowest BCUT2D eigenvalue weighted by molar-refractivity contribution is 0.0600. The number of carbonyl (C=O) groups excluding carboxylic acids is 1. The topological polar surface area (TPSA) is 82.0 Å². The van der Waals surface area contributed by atoms with Gasteiger partial charge in [0, 0.05) is 17.1 Å². The third-order valence-electron chi connectivity index (χ3n) is 4.16. The number of carbonyl (C=O) groups is 1. The van der Waals surface area contributed by atoms with E-state index in [-0.39, 0.29) is 12.8 Å². The standard InChI is InChI=1S/C20H17N3O4/c1-12-7-17(15-8-18-19(27-11-26-18)9-16(15)22-12)23-21-10-13-3-5-14(6-4-13)20(24)25-2/h3-10H,11H2,1-2H3,(H,22,23)/b21-10+. The van der Waals surface area contributed by atoms with E-state index in [0.29, 0.717) is 17.1 Å². The molecule has 0 unspecified atom stereocenters. The van der Waals surface area contributed by atoms with Crippen LogP contribution in [0.4, 0.5) is 5.69 Å². The van der Waals surface area contributed by atoms with Crippen molar-refractivity contribution < 1.29 is 19.0 Å². The lowest BCUT2D eigenvalue weighted by Crippen LogP contribution is -2.01. The van der Waals surface area contributed by atoms with E-state index in [1.807, 2.05) is 25.1 Å². The molecule has 0 saturated heterocycles. The summed E-state index contributed by atoms with van der Waals surface area (Å²) in [6, 6.07) is 12.7. The molecule has 3 aromatic rings. The monoisotopic (exact) mass is 363 g/mol. The maximum Gasteiger partial charge on any atom is 0.337 e. The van der Waals surface area contributed by atoms with E-state index in [1.165, 1.54) is 7.11 Å². The number of ether oxygens (including phenoxy) is 3. The SMILES string of the molecule is COC(=O)c1ccc(/C=N/Nc2cc(C)nc3cc4c(cc23)OCO4)cc1. The molecule has 1 N–H and O–H groups in total. The molecule has 1 aromatic heterocycles. The van der Waals surface area contributed by atoms with Crippen molar-refractivity contribution in [2.75, 3.05) is 19.3 Å². The Bertz CT molecular complexity index is 1050. The molecule has 136 valence electrons. The lowest BCUT2D eigenvalue weighted by Gasteiger charge is -2.08. The van der Waals surface area contributed by atoms with Crippen LogP contribution in [-0.2, 0) is 4.74 Å². The smallest absolute Gasteiger partial charge is 0.337 e. The van der Waals surface area contributed by atoms with Gasteiger partial charge in [-0.15, -0.1) is 0 Å². The van der Waals surface area contributed by atoms with Crippen LogP contribution in [0.25, 0.3) is 10.9 Å². The first-order valence-corrected chi connectivity index (χ1v) is 8.32. The van der Waals surface area contributed by atoms with Gasteiger partial charge in [0.25, 0.3) is 0 Å². The van der Waals surface area contributed by atoms with Gasteiger partial charge in [-0.3, -0.25) is 10.4 Å². The molecule has 0 bridgehead atoms. The highest BCUT2D eigenvalue weighted by Crippen LogP contribution is 2.38. The Kier molecular flexibility index (Phi) is 4.33. The normalized spacial score (nSPS) is 12.5. The Morgan fingerprint density at radius 3 is 2.67 bits per heavy atom. The maximum atomic E-state index is 11.5. The molecule has 0 aliphatic carbocycles. The second-order valence-electron chi connectivity index (χ2n) is 6.02. The predicted molar refractivity (Wildman–Crippen MR) is 102 cm³/mol. The van der Waals surface area contributed by atoms with Crippen molar-refractivity contribution in [3.63, 3.8) is 0 Å². The molecule has 0 amide bonds. The van der Waals surface area contributed by atoms with Gasteiger partial charge in [-0.1, -0.05) is 12.1 Å². The van der Waals surface area contributed by atoms with Crippen molar-refractivity contribution in [3.8, 4) is 11.5 Å². The molecule has 2 aromatic carbocycles. The number of pyridine rings is 1. The molecule has 7 heteroatoms. The summed E-state index contributed by atoms with van der Waals surface area (Å²) in [7, 11) is 1.36. The van der Waals surface area contributed by atoms with Gasteiger partial charge in [-0.05, 0) is 36.8 Å². The summed E-state index contributed by atoms with van der Waals surface area (Å²) in [5.74, 6) is 1.02. The zero-order chi connectivity index (χ0) is 18.8. The summed E-state index contributed by atoms with van der Waals surface area (Å²) in [6.07, 6.45) is 1.68. The van der Waals surface area contributed by atoms with E-state index in [1.54, 1.807) is 30.5 Å². The van der Waals surface area contributed by atoms with Crippen molar-refractivity contribution in [2.24, 2.45) is 5.10 Å². The van der Waals surface area contributed by atoms with Gasteiger partial charge in [0.15, 0.2) is 11.5 Å². The van der Waals surface area contributed by atoms with Crippen molar-refractivity contribution in [3.05, 3.63) is 59.3 Å². The largest absolute Gasteiger partial charge is 0.465 e. The Balaban J connectivity index is 1.58. The molecule has 0 radical (unpaired) electrons. The van der Waals surface area contributed by atoms with Crippen LogP contribution in [0.1, 0.15) is 21.6 Å². The minimum atomic E-state index is -0.367. The number of anilines is 1.